The molecular weight excluding hydrogens is 413 g/mol. The maximum Gasteiger partial charge on any atom is 0.270 e. The molecule has 27 heavy (non-hydrogen) atoms. The molecule has 138 valence electrons. The highest BCUT2D eigenvalue weighted by Crippen LogP contribution is 2.29. The first-order valence-electron chi connectivity index (χ1n) is 7.50. The van der Waals surface area contributed by atoms with Gasteiger partial charge in [-0.05, 0) is 12.1 Å². The Balaban J connectivity index is 1.63. The number of benzene rings is 2. The lowest BCUT2D eigenvalue weighted by molar-refractivity contribution is -0.384. The van der Waals surface area contributed by atoms with E-state index in [9.17, 15) is 14.9 Å². The average Bonchev–Trinajstić information content (AvgIpc) is 3.11. The average molecular weight is 424 g/mol. The fourth-order valence-electron chi connectivity index (χ4n) is 2.13. The van der Waals surface area contributed by atoms with E-state index in [4.69, 9.17) is 27.9 Å². The summed E-state index contributed by atoms with van der Waals surface area (Å²) in [6.45, 7) is -0.272. The van der Waals surface area contributed by atoms with Gasteiger partial charge in [-0.15, -0.1) is 11.3 Å². The number of nitro groups is 1. The summed E-state index contributed by atoms with van der Waals surface area (Å²) in [6.07, 6.45) is 0. The molecule has 0 unspecified atom stereocenters. The van der Waals surface area contributed by atoms with Crippen LogP contribution in [0.25, 0.3) is 11.3 Å². The summed E-state index contributed by atoms with van der Waals surface area (Å²) in [5, 5.41) is 16.3. The Bertz CT molecular complexity index is 1010. The van der Waals surface area contributed by atoms with Crippen LogP contribution in [0.15, 0.2) is 47.8 Å². The van der Waals surface area contributed by atoms with E-state index in [1.54, 1.807) is 29.6 Å². The second-order valence-corrected chi connectivity index (χ2v) is 6.96. The molecule has 0 radical (unpaired) electrons. The summed E-state index contributed by atoms with van der Waals surface area (Å²) in [4.78, 5) is 26.7. The second kappa shape index (κ2) is 8.34. The number of amides is 1. The number of nitrogens with zero attached hydrogens (tertiary/aromatic N) is 2. The van der Waals surface area contributed by atoms with Gasteiger partial charge in [0.15, 0.2) is 11.7 Å². The van der Waals surface area contributed by atoms with Gasteiger partial charge in [-0.3, -0.25) is 20.2 Å². The molecule has 0 atom stereocenters. The van der Waals surface area contributed by atoms with Crippen molar-refractivity contribution in [3.05, 3.63) is 68.0 Å². The first kappa shape index (κ1) is 19.1. The van der Waals surface area contributed by atoms with Gasteiger partial charge < -0.3 is 4.74 Å². The molecule has 3 aromatic rings. The summed E-state index contributed by atoms with van der Waals surface area (Å²) in [6, 6.07) is 10.8. The van der Waals surface area contributed by atoms with E-state index in [1.165, 1.54) is 29.5 Å². The Labute approximate surface area is 167 Å². The molecule has 0 bridgehead atoms. The predicted octanol–water partition coefficient (Wildman–Crippen LogP) is 5.04. The zero-order chi connectivity index (χ0) is 19.4. The van der Waals surface area contributed by atoms with E-state index in [0.29, 0.717) is 32.2 Å². The van der Waals surface area contributed by atoms with Crippen LogP contribution in [0.5, 0.6) is 5.75 Å². The molecule has 1 amide bonds. The molecule has 0 fully saturated rings. The van der Waals surface area contributed by atoms with Gasteiger partial charge in [0, 0.05) is 34.2 Å². The van der Waals surface area contributed by atoms with Crippen LogP contribution in [0.1, 0.15) is 0 Å². The summed E-state index contributed by atoms with van der Waals surface area (Å²) in [5.41, 5.74) is 1.08. The highest BCUT2D eigenvalue weighted by atomic mass is 35.5. The maximum absolute atomic E-state index is 12.0. The molecule has 7 nitrogen and oxygen atoms in total. The number of aromatic nitrogens is 1. The first-order valence-corrected chi connectivity index (χ1v) is 9.14. The zero-order valence-electron chi connectivity index (χ0n) is 13.5. The lowest BCUT2D eigenvalue weighted by Gasteiger charge is -2.07. The summed E-state index contributed by atoms with van der Waals surface area (Å²) in [5.74, 6) is -0.123. The lowest BCUT2D eigenvalue weighted by Crippen LogP contribution is -2.20. The van der Waals surface area contributed by atoms with Crippen molar-refractivity contribution in [2.75, 3.05) is 11.9 Å². The van der Waals surface area contributed by atoms with Crippen molar-refractivity contribution in [1.29, 1.82) is 0 Å². The predicted molar refractivity (Wildman–Crippen MR) is 105 cm³/mol. The molecule has 0 saturated heterocycles. The van der Waals surface area contributed by atoms with Gasteiger partial charge in [0.25, 0.3) is 11.6 Å². The molecule has 0 saturated carbocycles. The summed E-state index contributed by atoms with van der Waals surface area (Å²) >= 11 is 13.0. The van der Waals surface area contributed by atoms with E-state index in [0.717, 1.165) is 0 Å². The van der Waals surface area contributed by atoms with Crippen molar-refractivity contribution in [1.82, 2.24) is 4.98 Å². The smallest absolute Gasteiger partial charge is 0.270 e. The van der Waals surface area contributed by atoms with Crippen LogP contribution in [0.4, 0.5) is 10.8 Å². The van der Waals surface area contributed by atoms with Gasteiger partial charge in [-0.2, -0.15) is 0 Å². The Morgan fingerprint density at radius 3 is 2.85 bits per heavy atom. The van der Waals surface area contributed by atoms with Crippen LogP contribution in [-0.2, 0) is 4.79 Å². The van der Waals surface area contributed by atoms with E-state index in [2.05, 4.69) is 10.3 Å². The first-order chi connectivity index (χ1) is 12.9. The molecule has 3 rings (SSSR count). The van der Waals surface area contributed by atoms with Gasteiger partial charge in [0.05, 0.1) is 15.6 Å². The number of hydrogen-bond acceptors (Lipinski definition) is 6. The SMILES string of the molecule is O=C(COc1cc(Cl)ccc1Cl)Nc1nc(-c2cccc([N+](=O)[O-])c2)cs1. The largest absolute Gasteiger partial charge is 0.482 e. The molecule has 2 aromatic carbocycles. The number of anilines is 1. The number of carbonyl (C=O) groups excluding carboxylic acids is 1. The third-order valence-corrected chi connectivity index (χ3v) is 4.66. The molecule has 0 spiro atoms. The van der Waals surface area contributed by atoms with Crippen LogP contribution in [0.2, 0.25) is 10.0 Å². The third kappa shape index (κ3) is 4.94. The third-order valence-electron chi connectivity index (χ3n) is 3.36. The van der Waals surface area contributed by atoms with Crippen LogP contribution in [-0.4, -0.2) is 22.4 Å². The number of non-ortho nitro benzene ring substituents is 1. The normalized spacial score (nSPS) is 10.4. The van der Waals surface area contributed by atoms with Crippen molar-refractivity contribution in [3.8, 4) is 17.0 Å². The Morgan fingerprint density at radius 1 is 1.26 bits per heavy atom. The van der Waals surface area contributed by atoms with Gasteiger partial charge in [-0.25, -0.2) is 4.98 Å². The lowest BCUT2D eigenvalue weighted by atomic mass is 10.1. The molecule has 0 aliphatic rings. The number of halogens is 2. The van der Waals surface area contributed by atoms with Gasteiger partial charge in [0.1, 0.15) is 5.75 Å². The number of rotatable bonds is 6. The Morgan fingerprint density at radius 2 is 2.07 bits per heavy atom. The zero-order valence-corrected chi connectivity index (χ0v) is 15.8. The highest BCUT2D eigenvalue weighted by Gasteiger charge is 2.12. The highest BCUT2D eigenvalue weighted by molar-refractivity contribution is 7.14. The van der Waals surface area contributed by atoms with Crippen molar-refractivity contribution >= 4 is 51.3 Å². The van der Waals surface area contributed by atoms with Crippen molar-refractivity contribution in [3.63, 3.8) is 0 Å². The Kier molecular flexibility index (Phi) is 5.90. The van der Waals surface area contributed by atoms with Gasteiger partial charge in [-0.1, -0.05) is 35.3 Å². The minimum atomic E-state index is -0.475. The number of nitro benzene ring substituents is 1. The van der Waals surface area contributed by atoms with E-state index >= 15 is 0 Å². The number of carbonyl (C=O) groups is 1. The van der Waals surface area contributed by atoms with E-state index in [-0.39, 0.29) is 12.3 Å². The molecule has 0 aliphatic carbocycles. The summed E-state index contributed by atoms with van der Waals surface area (Å²) in [7, 11) is 0. The van der Waals surface area contributed by atoms with E-state index in [1.807, 2.05) is 0 Å². The Hall–Kier alpha value is -2.68. The minimum absolute atomic E-state index is 0.0297. The quantitative estimate of drug-likeness (QED) is 0.442. The van der Waals surface area contributed by atoms with Gasteiger partial charge in [0.2, 0.25) is 0 Å². The number of nitrogens with one attached hydrogen (secondary N) is 1. The molecule has 1 N–H and O–H groups in total. The monoisotopic (exact) mass is 423 g/mol. The molecular formula is C17H11Cl2N3O4S. The fourth-order valence-corrected chi connectivity index (χ4v) is 3.20. The second-order valence-electron chi connectivity index (χ2n) is 5.26. The molecule has 10 heteroatoms. The number of ether oxygens (including phenoxy) is 1. The number of hydrogen-bond donors (Lipinski definition) is 1. The minimum Gasteiger partial charge on any atom is -0.482 e. The van der Waals surface area contributed by atoms with Crippen molar-refractivity contribution in [2.24, 2.45) is 0 Å². The van der Waals surface area contributed by atoms with Crippen LogP contribution in [0.3, 0.4) is 0 Å². The fraction of sp³-hybridized carbons (Fsp3) is 0.0588. The molecule has 1 aromatic heterocycles. The van der Waals surface area contributed by atoms with Crippen LogP contribution >= 0.6 is 34.5 Å². The summed E-state index contributed by atoms with van der Waals surface area (Å²) < 4.78 is 5.36. The van der Waals surface area contributed by atoms with Crippen molar-refractivity contribution < 1.29 is 14.5 Å². The van der Waals surface area contributed by atoms with Crippen LogP contribution < -0.4 is 10.1 Å². The molecule has 1 heterocycles. The number of thiazole rings is 1. The topological polar surface area (TPSA) is 94.4 Å². The standard InChI is InChI=1S/C17H11Cl2N3O4S/c18-11-4-5-13(19)15(7-11)26-8-16(23)21-17-20-14(9-27-17)10-2-1-3-12(6-10)22(24)25/h1-7,9H,8H2,(H,20,21,23). The van der Waals surface area contributed by atoms with Crippen molar-refractivity contribution in [2.45, 2.75) is 0 Å². The molecule has 0 aliphatic heterocycles. The van der Waals surface area contributed by atoms with Gasteiger partial charge >= 0.3 is 0 Å². The van der Waals surface area contributed by atoms with Crippen LogP contribution in [0, 0.1) is 10.1 Å². The maximum atomic E-state index is 12.0. The van der Waals surface area contributed by atoms with E-state index < -0.39 is 10.8 Å².